The van der Waals surface area contributed by atoms with Crippen molar-refractivity contribution in [2.24, 2.45) is 10.2 Å². The van der Waals surface area contributed by atoms with Crippen molar-refractivity contribution < 1.29 is 0 Å². The molecular weight excluding hydrogens is 160 g/mol. The molecule has 0 aliphatic rings. The average Bonchev–Trinajstić information content (AvgIpc) is 2.19. The van der Waals surface area contributed by atoms with Crippen molar-refractivity contribution in [3.05, 3.63) is 35.9 Å². The topological polar surface area (TPSA) is 24.7 Å². The molecule has 0 saturated heterocycles. The van der Waals surface area contributed by atoms with Crippen molar-refractivity contribution in [2.75, 3.05) is 6.54 Å². The Morgan fingerprint density at radius 2 is 1.85 bits per heavy atom. The van der Waals surface area contributed by atoms with E-state index < -0.39 is 0 Å². The predicted molar refractivity (Wildman–Crippen MR) is 54.8 cm³/mol. The molecule has 0 bridgehead atoms. The van der Waals surface area contributed by atoms with E-state index in [0.717, 1.165) is 13.0 Å². The molecule has 0 unspecified atom stereocenters. The molecule has 0 fully saturated rings. The molecule has 0 aromatic heterocycles. The van der Waals surface area contributed by atoms with Crippen molar-refractivity contribution in [1.29, 1.82) is 0 Å². The van der Waals surface area contributed by atoms with Crippen LogP contribution < -0.4 is 0 Å². The lowest BCUT2D eigenvalue weighted by Crippen LogP contribution is -1.80. The summed E-state index contributed by atoms with van der Waals surface area (Å²) in [5.74, 6) is 0. The fraction of sp³-hybridized carbons (Fsp3) is 0.455. The van der Waals surface area contributed by atoms with Gasteiger partial charge in [-0.25, -0.2) is 0 Å². The minimum Gasteiger partial charge on any atom is -0.194 e. The molecule has 1 aromatic carbocycles. The first-order valence-corrected chi connectivity index (χ1v) is 4.80. The van der Waals surface area contributed by atoms with Crippen LogP contribution in [-0.4, -0.2) is 6.54 Å². The number of hydrogen-bond donors (Lipinski definition) is 0. The van der Waals surface area contributed by atoms with Gasteiger partial charge < -0.3 is 0 Å². The van der Waals surface area contributed by atoms with Crippen LogP contribution in [0.4, 0.5) is 0 Å². The quantitative estimate of drug-likeness (QED) is 0.485. The molecule has 0 atom stereocenters. The van der Waals surface area contributed by atoms with E-state index in [9.17, 15) is 0 Å². The zero-order valence-corrected chi connectivity index (χ0v) is 8.11. The molecule has 0 aliphatic carbocycles. The molecule has 70 valence electrons. The fourth-order valence-corrected chi connectivity index (χ4v) is 1.01. The van der Waals surface area contributed by atoms with E-state index in [1.165, 1.54) is 12.0 Å². The minimum atomic E-state index is 0.713. The third-order valence-corrected chi connectivity index (χ3v) is 1.81. The van der Waals surface area contributed by atoms with Crippen LogP contribution in [0.2, 0.25) is 0 Å². The first kappa shape index (κ1) is 9.90. The number of azo groups is 1. The van der Waals surface area contributed by atoms with Crippen LogP contribution in [0.3, 0.4) is 0 Å². The second-order valence-corrected chi connectivity index (χ2v) is 3.00. The normalized spacial score (nSPS) is 10.8. The number of benzene rings is 1. The van der Waals surface area contributed by atoms with Gasteiger partial charge in [-0.3, -0.25) is 0 Å². The molecule has 0 spiro atoms. The Labute approximate surface area is 79.7 Å². The van der Waals surface area contributed by atoms with Crippen LogP contribution in [0, 0.1) is 0 Å². The van der Waals surface area contributed by atoms with Gasteiger partial charge in [0.2, 0.25) is 0 Å². The maximum absolute atomic E-state index is 4.10. The van der Waals surface area contributed by atoms with Crippen LogP contribution in [0.25, 0.3) is 0 Å². The molecular formula is C11H16N2. The van der Waals surface area contributed by atoms with Gasteiger partial charge in [0.15, 0.2) is 0 Å². The summed E-state index contributed by atoms with van der Waals surface area (Å²) in [6.45, 7) is 3.74. The van der Waals surface area contributed by atoms with E-state index in [1.807, 2.05) is 18.2 Å². The SMILES string of the molecule is CCCCN=NCc1ccccc1. The van der Waals surface area contributed by atoms with E-state index in [0.29, 0.717) is 6.54 Å². The average molecular weight is 176 g/mol. The van der Waals surface area contributed by atoms with Gasteiger partial charge in [-0.15, -0.1) is 0 Å². The summed E-state index contributed by atoms with van der Waals surface area (Å²) in [7, 11) is 0. The van der Waals surface area contributed by atoms with Crippen molar-refractivity contribution in [2.45, 2.75) is 26.3 Å². The Balaban J connectivity index is 2.23. The Bertz CT molecular complexity index is 242. The summed E-state index contributed by atoms with van der Waals surface area (Å²) < 4.78 is 0. The highest BCUT2D eigenvalue weighted by atomic mass is 15.1. The van der Waals surface area contributed by atoms with E-state index in [1.54, 1.807) is 0 Å². The Hall–Kier alpha value is -1.18. The molecule has 0 aliphatic heterocycles. The lowest BCUT2D eigenvalue weighted by molar-refractivity contribution is 0.752. The standard InChI is InChI=1S/C11H16N2/c1-2-3-9-12-13-10-11-7-5-4-6-8-11/h4-8H,2-3,9-10H2,1H3. The maximum Gasteiger partial charge on any atom is 0.0849 e. The molecule has 0 heterocycles. The molecule has 0 amide bonds. The van der Waals surface area contributed by atoms with E-state index in [4.69, 9.17) is 0 Å². The van der Waals surface area contributed by atoms with Crippen molar-refractivity contribution >= 4 is 0 Å². The van der Waals surface area contributed by atoms with Gasteiger partial charge in [0.25, 0.3) is 0 Å². The summed E-state index contributed by atoms with van der Waals surface area (Å²) >= 11 is 0. The van der Waals surface area contributed by atoms with E-state index in [2.05, 4.69) is 29.3 Å². The molecule has 2 nitrogen and oxygen atoms in total. The number of unbranched alkanes of at least 4 members (excludes halogenated alkanes) is 1. The second kappa shape index (κ2) is 6.35. The highest BCUT2D eigenvalue weighted by molar-refractivity contribution is 5.13. The highest BCUT2D eigenvalue weighted by Crippen LogP contribution is 2.00. The molecule has 2 heteroatoms. The van der Waals surface area contributed by atoms with Gasteiger partial charge in [-0.2, -0.15) is 10.2 Å². The van der Waals surface area contributed by atoms with Gasteiger partial charge in [-0.05, 0) is 12.0 Å². The summed E-state index contributed by atoms with van der Waals surface area (Å²) in [6.07, 6.45) is 2.32. The smallest absolute Gasteiger partial charge is 0.0849 e. The first-order chi connectivity index (χ1) is 6.43. The van der Waals surface area contributed by atoms with Crippen LogP contribution in [0.15, 0.2) is 40.6 Å². The Morgan fingerprint density at radius 1 is 1.08 bits per heavy atom. The zero-order chi connectivity index (χ0) is 9.36. The molecule has 0 saturated carbocycles. The second-order valence-electron chi connectivity index (χ2n) is 3.00. The number of hydrogen-bond acceptors (Lipinski definition) is 2. The lowest BCUT2D eigenvalue weighted by atomic mass is 10.2. The van der Waals surface area contributed by atoms with Crippen molar-refractivity contribution in [3.8, 4) is 0 Å². The maximum atomic E-state index is 4.10. The van der Waals surface area contributed by atoms with Crippen molar-refractivity contribution in [1.82, 2.24) is 0 Å². The predicted octanol–water partition coefficient (Wildman–Crippen LogP) is 3.44. The Morgan fingerprint density at radius 3 is 2.54 bits per heavy atom. The summed E-state index contributed by atoms with van der Waals surface area (Å²) in [4.78, 5) is 0. The van der Waals surface area contributed by atoms with Gasteiger partial charge in [0.05, 0.1) is 13.1 Å². The molecule has 1 rings (SSSR count). The Kier molecular flexibility index (Phi) is 4.84. The van der Waals surface area contributed by atoms with Gasteiger partial charge in [0.1, 0.15) is 0 Å². The molecule has 0 N–H and O–H groups in total. The van der Waals surface area contributed by atoms with E-state index in [-0.39, 0.29) is 0 Å². The summed E-state index contributed by atoms with van der Waals surface area (Å²) in [5.41, 5.74) is 1.22. The van der Waals surface area contributed by atoms with Gasteiger partial charge in [-0.1, -0.05) is 43.7 Å². The lowest BCUT2D eigenvalue weighted by Gasteiger charge is -1.93. The van der Waals surface area contributed by atoms with Crippen molar-refractivity contribution in [3.63, 3.8) is 0 Å². The van der Waals surface area contributed by atoms with Crippen LogP contribution >= 0.6 is 0 Å². The highest BCUT2D eigenvalue weighted by Gasteiger charge is 1.86. The monoisotopic (exact) mass is 176 g/mol. The summed E-state index contributed by atoms with van der Waals surface area (Å²) in [5, 5.41) is 8.19. The van der Waals surface area contributed by atoms with Crippen LogP contribution in [0.5, 0.6) is 0 Å². The molecule has 13 heavy (non-hydrogen) atoms. The van der Waals surface area contributed by atoms with Gasteiger partial charge in [0, 0.05) is 0 Å². The third-order valence-electron chi connectivity index (χ3n) is 1.81. The molecule has 0 radical (unpaired) electrons. The third kappa shape index (κ3) is 4.41. The summed E-state index contributed by atoms with van der Waals surface area (Å²) in [6, 6.07) is 10.2. The van der Waals surface area contributed by atoms with Crippen LogP contribution in [0.1, 0.15) is 25.3 Å². The molecule has 1 aromatic rings. The number of nitrogens with zero attached hydrogens (tertiary/aromatic N) is 2. The largest absolute Gasteiger partial charge is 0.194 e. The first-order valence-electron chi connectivity index (χ1n) is 4.80. The number of rotatable bonds is 5. The van der Waals surface area contributed by atoms with Crippen LogP contribution in [-0.2, 0) is 6.54 Å². The van der Waals surface area contributed by atoms with E-state index >= 15 is 0 Å². The zero-order valence-electron chi connectivity index (χ0n) is 8.11. The van der Waals surface area contributed by atoms with Gasteiger partial charge >= 0.3 is 0 Å². The minimum absolute atomic E-state index is 0.713. The fourth-order valence-electron chi connectivity index (χ4n) is 1.01.